The standard InChI is InChI=1S/C20H30N6O2.HI/c1-6-10-21-20(23-13-19-25-24-15(4)26(19)5)22-12-18(27)16-8-7-9-17(11-16)28-14(2)3;/h6-9,11,14,18,27H,1,10,12-13H2,2-5H3,(H2,21,22,23);1H. The van der Waals surface area contributed by atoms with E-state index in [2.05, 4.69) is 32.4 Å². The summed E-state index contributed by atoms with van der Waals surface area (Å²) >= 11 is 0. The van der Waals surface area contributed by atoms with Crippen molar-refractivity contribution < 1.29 is 9.84 Å². The van der Waals surface area contributed by atoms with E-state index in [-0.39, 0.29) is 30.1 Å². The molecule has 1 atom stereocenters. The number of halogens is 1. The van der Waals surface area contributed by atoms with Crippen molar-refractivity contribution in [3.8, 4) is 5.75 Å². The lowest BCUT2D eigenvalue weighted by Gasteiger charge is -2.17. The Balaban J connectivity index is 0.00000420. The molecule has 0 aliphatic heterocycles. The highest BCUT2D eigenvalue weighted by Crippen LogP contribution is 2.19. The maximum absolute atomic E-state index is 10.5. The summed E-state index contributed by atoms with van der Waals surface area (Å²) in [6.07, 6.45) is 1.12. The lowest BCUT2D eigenvalue weighted by atomic mass is 10.1. The third kappa shape index (κ3) is 8.01. The topological polar surface area (TPSA) is 96.6 Å². The van der Waals surface area contributed by atoms with Crippen LogP contribution in [0.3, 0.4) is 0 Å². The number of hydrogen-bond acceptors (Lipinski definition) is 5. The number of benzene rings is 1. The number of rotatable bonds is 9. The molecule has 0 aliphatic rings. The molecule has 2 rings (SSSR count). The highest BCUT2D eigenvalue weighted by molar-refractivity contribution is 14.0. The molecule has 0 saturated heterocycles. The van der Waals surface area contributed by atoms with E-state index in [4.69, 9.17) is 4.74 Å². The van der Waals surface area contributed by atoms with Crippen molar-refractivity contribution in [3.63, 3.8) is 0 Å². The van der Waals surface area contributed by atoms with Crippen molar-refractivity contribution in [1.82, 2.24) is 25.4 Å². The van der Waals surface area contributed by atoms with Gasteiger partial charge in [-0.1, -0.05) is 18.2 Å². The molecule has 1 heterocycles. The maximum atomic E-state index is 10.5. The largest absolute Gasteiger partial charge is 0.491 e. The van der Waals surface area contributed by atoms with E-state index in [1.165, 1.54) is 0 Å². The fourth-order valence-electron chi connectivity index (χ4n) is 2.46. The second-order valence-corrected chi connectivity index (χ2v) is 6.69. The van der Waals surface area contributed by atoms with Crippen LogP contribution in [0.15, 0.2) is 41.9 Å². The van der Waals surface area contributed by atoms with Crippen molar-refractivity contribution in [2.45, 2.75) is 39.5 Å². The van der Waals surface area contributed by atoms with Gasteiger partial charge in [0.1, 0.15) is 18.1 Å². The lowest BCUT2D eigenvalue weighted by molar-refractivity contribution is 0.179. The van der Waals surface area contributed by atoms with Crippen LogP contribution in [0.5, 0.6) is 5.75 Å². The molecule has 1 aromatic heterocycles. The van der Waals surface area contributed by atoms with E-state index in [1.54, 1.807) is 6.08 Å². The molecule has 0 saturated carbocycles. The fraction of sp³-hybridized carbons (Fsp3) is 0.450. The predicted octanol–water partition coefficient (Wildman–Crippen LogP) is 2.48. The first-order valence-electron chi connectivity index (χ1n) is 9.33. The number of nitrogens with zero attached hydrogens (tertiary/aromatic N) is 4. The Morgan fingerprint density at radius 1 is 1.34 bits per heavy atom. The summed E-state index contributed by atoms with van der Waals surface area (Å²) in [5.74, 6) is 2.89. The molecular weight excluding hydrogens is 483 g/mol. The van der Waals surface area contributed by atoms with Crippen LogP contribution in [0.1, 0.15) is 37.2 Å². The number of guanidine groups is 1. The Bertz CT molecular complexity index is 806. The lowest BCUT2D eigenvalue weighted by Crippen LogP contribution is -2.39. The third-order valence-corrected chi connectivity index (χ3v) is 4.05. The number of aliphatic hydroxyl groups excluding tert-OH is 1. The van der Waals surface area contributed by atoms with Crippen LogP contribution in [0, 0.1) is 6.92 Å². The minimum atomic E-state index is -0.705. The molecule has 0 spiro atoms. The minimum absolute atomic E-state index is 0. The monoisotopic (exact) mass is 514 g/mol. The molecule has 2 aromatic rings. The van der Waals surface area contributed by atoms with Gasteiger partial charge < -0.3 is 25.0 Å². The number of aryl methyl sites for hydroxylation is 1. The summed E-state index contributed by atoms with van der Waals surface area (Å²) in [5, 5.41) is 25.0. The van der Waals surface area contributed by atoms with Crippen molar-refractivity contribution in [2.24, 2.45) is 12.0 Å². The number of hydrogen-bond donors (Lipinski definition) is 3. The summed E-state index contributed by atoms with van der Waals surface area (Å²) in [4.78, 5) is 4.52. The van der Waals surface area contributed by atoms with Gasteiger partial charge in [-0.05, 0) is 38.5 Å². The molecule has 160 valence electrons. The van der Waals surface area contributed by atoms with Gasteiger partial charge in [-0.15, -0.1) is 40.8 Å². The Morgan fingerprint density at radius 2 is 2.10 bits per heavy atom. The SMILES string of the molecule is C=CCNC(=NCc1nnc(C)n1C)NCC(O)c1cccc(OC(C)C)c1.I. The summed E-state index contributed by atoms with van der Waals surface area (Å²) < 4.78 is 7.58. The van der Waals surface area contributed by atoms with E-state index in [0.29, 0.717) is 25.6 Å². The molecule has 0 amide bonds. The Morgan fingerprint density at radius 3 is 2.72 bits per heavy atom. The first-order valence-corrected chi connectivity index (χ1v) is 9.33. The average Bonchev–Trinajstić information content (AvgIpc) is 2.99. The van der Waals surface area contributed by atoms with Gasteiger partial charge in [0.2, 0.25) is 0 Å². The van der Waals surface area contributed by atoms with E-state index in [1.807, 2.05) is 56.7 Å². The van der Waals surface area contributed by atoms with Crippen molar-refractivity contribution in [2.75, 3.05) is 13.1 Å². The molecule has 9 heteroatoms. The van der Waals surface area contributed by atoms with Gasteiger partial charge in [-0.3, -0.25) is 0 Å². The highest BCUT2D eigenvalue weighted by atomic mass is 127. The molecule has 3 N–H and O–H groups in total. The minimum Gasteiger partial charge on any atom is -0.491 e. The maximum Gasteiger partial charge on any atom is 0.192 e. The van der Waals surface area contributed by atoms with Crippen LogP contribution in [0.4, 0.5) is 0 Å². The molecule has 0 fully saturated rings. The zero-order valence-electron chi connectivity index (χ0n) is 17.4. The highest BCUT2D eigenvalue weighted by Gasteiger charge is 2.11. The molecular formula is C20H31IN6O2. The zero-order valence-corrected chi connectivity index (χ0v) is 19.8. The summed E-state index contributed by atoms with van der Waals surface area (Å²) in [5.41, 5.74) is 0.776. The van der Waals surface area contributed by atoms with Crippen LogP contribution in [0.2, 0.25) is 0 Å². The van der Waals surface area contributed by atoms with Gasteiger partial charge in [0.15, 0.2) is 11.8 Å². The van der Waals surface area contributed by atoms with Crippen molar-refractivity contribution in [3.05, 3.63) is 54.1 Å². The molecule has 0 aliphatic carbocycles. The second-order valence-electron chi connectivity index (χ2n) is 6.69. The van der Waals surface area contributed by atoms with Crippen LogP contribution in [-0.2, 0) is 13.6 Å². The van der Waals surface area contributed by atoms with Crippen LogP contribution < -0.4 is 15.4 Å². The van der Waals surface area contributed by atoms with Gasteiger partial charge in [0, 0.05) is 20.1 Å². The number of aliphatic imine (C=N–C) groups is 1. The average molecular weight is 514 g/mol. The summed E-state index contributed by atoms with van der Waals surface area (Å²) in [6, 6.07) is 7.47. The number of aliphatic hydroxyl groups is 1. The normalized spacial score (nSPS) is 12.3. The smallest absolute Gasteiger partial charge is 0.192 e. The summed E-state index contributed by atoms with van der Waals surface area (Å²) in [6.45, 7) is 10.8. The van der Waals surface area contributed by atoms with E-state index in [9.17, 15) is 5.11 Å². The molecule has 8 nitrogen and oxygen atoms in total. The van der Waals surface area contributed by atoms with Crippen LogP contribution in [-0.4, -0.2) is 45.0 Å². The fourth-order valence-corrected chi connectivity index (χ4v) is 2.46. The van der Waals surface area contributed by atoms with Crippen molar-refractivity contribution in [1.29, 1.82) is 0 Å². The predicted molar refractivity (Wildman–Crippen MR) is 126 cm³/mol. The Labute approximate surface area is 189 Å². The quantitative estimate of drug-likeness (QED) is 0.206. The van der Waals surface area contributed by atoms with Gasteiger partial charge in [-0.2, -0.15) is 0 Å². The number of ether oxygens (including phenoxy) is 1. The Kier molecular flexibility index (Phi) is 10.7. The molecule has 1 unspecified atom stereocenters. The Hall–Kier alpha value is -2.14. The number of aromatic nitrogens is 3. The van der Waals surface area contributed by atoms with E-state index >= 15 is 0 Å². The van der Waals surface area contributed by atoms with Gasteiger partial charge in [0.05, 0.1) is 12.2 Å². The van der Waals surface area contributed by atoms with Gasteiger partial charge >= 0.3 is 0 Å². The van der Waals surface area contributed by atoms with Crippen molar-refractivity contribution >= 4 is 29.9 Å². The first kappa shape index (κ1) is 24.9. The number of nitrogens with one attached hydrogen (secondary N) is 2. The van der Waals surface area contributed by atoms with Gasteiger partial charge in [0.25, 0.3) is 0 Å². The first-order chi connectivity index (χ1) is 13.4. The van der Waals surface area contributed by atoms with Gasteiger partial charge in [-0.25, -0.2) is 4.99 Å². The molecule has 0 bridgehead atoms. The van der Waals surface area contributed by atoms with E-state index in [0.717, 1.165) is 23.0 Å². The summed E-state index contributed by atoms with van der Waals surface area (Å²) in [7, 11) is 1.90. The van der Waals surface area contributed by atoms with Crippen LogP contribution in [0.25, 0.3) is 0 Å². The van der Waals surface area contributed by atoms with E-state index < -0.39 is 6.10 Å². The zero-order chi connectivity index (χ0) is 20.5. The second kappa shape index (κ2) is 12.4. The molecule has 1 aromatic carbocycles. The van der Waals surface area contributed by atoms with Crippen LogP contribution >= 0.6 is 24.0 Å². The molecule has 29 heavy (non-hydrogen) atoms. The molecule has 0 radical (unpaired) electrons. The third-order valence-electron chi connectivity index (χ3n) is 4.05.